The fraction of sp³-hybridized carbons (Fsp3) is 0.400. The van der Waals surface area contributed by atoms with Crippen LogP contribution >= 0.6 is 0 Å². The lowest BCUT2D eigenvalue weighted by molar-refractivity contribution is -0.131. The van der Waals surface area contributed by atoms with Gasteiger partial charge in [-0.15, -0.1) is 0 Å². The summed E-state index contributed by atoms with van der Waals surface area (Å²) in [6.45, 7) is 2.77. The molecule has 1 fully saturated rings. The van der Waals surface area contributed by atoms with Crippen molar-refractivity contribution in [2.24, 2.45) is 5.92 Å². The van der Waals surface area contributed by atoms with Gasteiger partial charge in [0.2, 0.25) is 0 Å². The van der Waals surface area contributed by atoms with Gasteiger partial charge in [-0.2, -0.15) is 0 Å². The van der Waals surface area contributed by atoms with E-state index in [4.69, 9.17) is 9.84 Å². The van der Waals surface area contributed by atoms with Crippen LogP contribution in [-0.4, -0.2) is 17.7 Å². The first-order valence-corrected chi connectivity index (χ1v) is 6.38. The number of ether oxygens (including phenoxy) is 1. The smallest absolute Gasteiger partial charge is 0.328 e. The highest BCUT2D eigenvalue weighted by Crippen LogP contribution is 2.42. The third-order valence-corrected chi connectivity index (χ3v) is 2.96. The van der Waals surface area contributed by atoms with E-state index in [1.54, 1.807) is 0 Å². The molecule has 2 rings (SSSR count). The Bertz CT molecular complexity index is 441. The van der Waals surface area contributed by atoms with Crippen molar-refractivity contribution in [2.45, 2.75) is 26.2 Å². The second-order valence-electron chi connectivity index (χ2n) is 4.59. The molecule has 96 valence electrons. The Morgan fingerprint density at radius 1 is 1.39 bits per heavy atom. The van der Waals surface area contributed by atoms with E-state index >= 15 is 0 Å². The Morgan fingerprint density at radius 2 is 2.06 bits per heavy atom. The van der Waals surface area contributed by atoms with Gasteiger partial charge >= 0.3 is 5.97 Å². The van der Waals surface area contributed by atoms with Crippen LogP contribution in [0.3, 0.4) is 0 Å². The predicted molar refractivity (Wildman–Crippen MR) is 70.6 cm³/mol. The topological polar surface area (TPSA) is 46.5 Å². The van der Waals surface area contributed by atoms with Crippen LogP contribution in [0.5, 0.6) is 5.75 Å². The summed E-state index contributed by atoms with van der Waals surface area (Å²) in [4.78, 5) is 10.8. The lowest BCUT2D eigenvalue weighted by Gasteiger charge is -2.08. The van der Waals surface area contributed by atoms with Crippen LogP contribution in [0.15, 0.2) is 30.3 Å². The van der Waals surface area contributed by atoms with Crippen molar-refractivity contribution in [1.29, 1.82) is 0 Å². The van der Waals surface area contributed by atoms with E-state index in [0.29, 0.717) is 12.5 Å². The molecule has 0 amide bonds. The molecule has 0 bridgehead atoms. The zero-order valence-corrected chi connectivity index (χ0v) is 10.6. The summed E-state index contributed by atoms with van der Waals surface area (Å²) in [5, 5.41) is 8.89. The van der Waals surface area contributed by atoms with Gasteiger partial charge in [-0.05, 0) is 48.4 Å². The van der Waals surface area contributed by atoms with Gasteiger partial charge in [-0.25, -0.2) is 4.79 Å². The van der Waals surface area contributed by atoms with Gasteiger partial charge in [-0.1, -0.05) is 19.1 Å². The van der Waals surface area contributed by atoms with Gasteiger partial charge in [0.1, 0.15) is 5.75 Å². The Morgan fingerprint density at radius 3 is 2.56 bits per heavy atom. The van der Waals surface area contributed by atoms with Crippen LogP contribution in [0.25, 0.3) is 5.57 Å². The second-order valence-corrected chi connectivity index (χ2v) is 4.59. The highest BCUT2D eigenvalue weighted by molar-refractivity contribution is 5.91. The summed E-state index contributed by atoms with van der Waals surface area (Å²) in [6, 6.07) is 7.70. The quantitative estimate of drug-likeness (QED) is 0.783. The fourth-order valence-corrected chi connectivity index (χ4v) is 1.93. The molecule has 0 unspecified atom stereocenters. The third-order valence-electron chi connectivity index (χ3n) is 2.96. The van der Waals surface area contributed by atoms with Crippen molar-refractivity contribution in [3.63, 3.8) is 0 Å². The predicted octanol–water partition coefficient (Wildman–Crippen LogP) is 3.35. The molecule has 0 atom stereocenters. The van der Waals surface area contributed by atoms with Crippen molar-refractivity contribution in [3.05, 3.63) is 35.9 Å². The zero-order valence-electron chi connectivity index (χ0n) is 10.6. The Hall–Kier alpha value is -1.77. The van der Waals surface area contributed by atoms with Crippen LogP contribution in [0.4, 0.5) is 0 Å². The standard InChI is InChI=1S/C15H18O3/c1-2-9-18-13-7-5-12(6-8-13)14(10-15(16)17)11-3-4-11/h5-8,10-11H,2-4,9H2,1H3,(H,16,17)/b14-10+. The Kier molecular flexibility index (Phi) is 4.03. The average Bonchev–Trinajstić information content (AvgIpc) is 3.18. The molecule has 3 heteroatoms. The number of benzene rings is 1. The minimum absolute atomic E-state index is 0.420. The van der Waals surface area contributed by atoms with Gasteiger partial charge in [0.05, 0.1) is 6.61 Å². The van der Waals surface area contributed by atoms with Gasteiger partial charge in [0.25, 0.3) is 0 Å². The number of hydrogen-bond acceptors (Lipinski definition) is 2. The summed E-state index contributed by atoms with van der Waals surface area (Å²) in [5.74, 6) is 0.387. The monoisotopic (exact) mass is 246 g/mol. The summed E-state index contributed by atoms with van der Waals surface area (Å²) >= 11 is 0. The van der Waals surface area contributed by atoms with Crippen molar-refractivity contribution in [1.82, 2.24) is 0 Å². The molecule has 0 spiro atoms. The number of carboxylic acids is 1. The van der Waals surface area contributed by atoms with Gasteiger partial charge < -0.3 is 9.84 Å². The first-order chi connectivity index (χ1) is 8.70. The Balaban J connectivity index is 2.13. The maximum absolute atomic E-state index is 10.8. The normalized spacial score (nSPS) is 15.5. The molecule has 1 aliphatic carbocycles. The number of carbonyl (C=O) groups is 1. The van der Waals surface area contributed by atoms with Crippen LogP contribution in [0, 0.1) is 5.92 Å². The Labute approximate surface area is 107 Å². The number of aliphatic carboxylic acids is 1. The number of hydrogen-bond donors (Lipinski definition) is 1. The SMILES string of the molecule is CCCOc1ccc(/C(=C/C(=O)O)C2CC2)cc1. The van der Waals surface area contributed by atoms with Crippen molar-refractivity contribution >= 4 is 11.5 Å². The van der Waals surface area contributed by atoms with E-state index in [1.807, 2.05) is 24.3 Å². The van der Waals surface area contributed by atoms with Crippen molar-refractivity contribution < 1.29 is 14.6 Å². The maximum Gasteiger partial charge on any atom is 0.328 e. The fourth-order valence-electron chi connectivity index (χ4n) is 1.93. The molecule has 0 heterocycles. The molecule has 3 nitrogen and oxygen atoms in total. The molecule has 18 heavy (non-hydrogen) atoms. The van der Waals surface area contributed by atoms with E-state index in [9.17, 15) is 4.79 Å². The molecule has 0 saturated heterocycles. The first kappa shape index (κ1) is 12.7. The van der Waals surface area contributed by atoms with Gasteiger partial charge in [-0.3, -0.25) is 0 Å². The van der Waals surface area contributed by atoms with Crippen LogP contribution < -0.4 is 4.74 Å². The van der Waals surface area contributed by atoms with E-state index in [2.05, 4.69) is 6.92 Å². The highest BCUT2D eigenvalue weighted by Gasteiger charge is 2.27. The summed E-state index contributed by atoms with van der Waals surface area (Å²) in [7, 11) is 0. The molecule has 0 aliphatic heterocycles. The van der Waals surface area contributed by atoms with E-state index in [1.165, 1.54) is 6.08 Å². The van der Waals surface area contributed by atoms with Crippen LogP contribution in [-0.2, 0) is 4.79 Å². The largest absolute Gasteiger partial charge is 0.494 e. The number of allylic oxidation sites excluding steroid dienone is 1. The zero-order chi connectivity index (χ0) is 13.0. The molecule has 0 radical (unpaired) electrons. The minimum Gasteiger partial charge on any atom is -0.494 e. The van der Waals surface area contributed by atoms with E-state index < -0.39 is 5.97 Å². The molecular weight excluding hydrogens is 228 g/mol. The second kappa shape index (κ2) is 5.71. The van der Waals surface area contributed by atoms with E-state index in [-0.39, 0.29) is 0 Å². The van der Waals surface area contributed by atoms with Crippen LogP contribution in [0.2, 0.25) is 0 Å². The van der Waals surface area contributed by atoms with Gasteiger partial charge in [0.15, 0.2) is 0 Å². The first-order valence-electron chi connectivity index (χ1n) is 6.38. The molecule has 1 saturated carbocycles. The molecule has 1 aliphatic rings. The van der Waals surface area contributed by atoms with E-state index in [0.717, 1.165) is 36.1 Å². The lowest BCUT2D eigenvalue weighted by atomic mass is 10.0. The van der Waals surface area contributed by atoms with Crippen molar-refractivity contribution in [3.8, 4) is 5.75 Å². The van der Waals surface area contributed by atoms with Gasteiger partial charge in [0, 0.05) is 6.08 Å². The van der Waals surface area contributed by atoms with Crippen molar-refractivity contribution in [2.75, 3.05) is 6.61 Å². The molecule has 1 N–H and O–H groups in total. The third kappa shape index (κ3) is 3.36. The molecule has 0 aromatic heterocycles. The molecular formula is C15H18O3. The summed E-state index contributed by atoms with van der Waals surface area (Å²) in [6.07, 6.45) is 4.49. The minimum atomic E-state index is -0.872. The number of carboxylic acid groups (broad SMARTS) is 1. The highest BCUT2D eigenvalue weighted by atomic mass is 16.5. The average molecular weight is 246 g/mol. The van der Waals surface area contributed by atoms with Crippen LogP contribution in [0.1, 0.15) is 31.7 Å². The summed E-state index contributed by atoms with van der Waals surface area (Å²) < 4.78 is 5.51. The maximum atomic E-state index is 10.8. The molecule has 1 aromatic rings. The number of rotatable bonds is 6. The molecule has 1 aromatic carbocycles. The summed E-state index contributed by atoms with van der Waals surface area (Å²) in [5.41, 5.74) is 1.92. The lowest BCUT2D eigenvalue weighted by Crippen LogP contribution is -1.96.